The van der Waals surface area contributed by atoms with Crippen LogP contribution in [-0.2, 0) is 17.9 Å². The molecule has 0 aromatic heterocycles. The van der Waals surface area contributed by atoms with Crippen LogP contribution >= 0.6 is 0 Å². The van der Waals surface area contributed by atoms with Gasteiger partial charge in [0.15, 0.2) is 0 Å². The summed E-state index contributed by atoms with van der Waals surface area (Å²) in [6, 6.07) is 8.17. The number of fused-ring (bicyclic) bond motifs is 1. The van der Waals surface area contributed by atoms with E-state index < -0.39 is 0 Å². The molecule has 1 heterocycles. The van der Waals surface area contributed by atoms with E-state index in [0.717, 1.165) is 6.54 Å². The summed E-state index contributed by atoms with van der Waals surface area (Å²) in [4.78, 5) is 11.1. The van der Waals surface area contributed by atoms with Gasteiger partial charge in [-0.1, -0.05) is 24.3 Å². The van der Waals surface area contributed by atoms with Crippen molar-refractivity contribution in [2.45, 2.75) is 20.0 Å². The number of nitrogens with one attached hydrogen (secondary N) is 1. The molecule has 0 saturated carbocycles. The first kappa shape index (κ1) is 8.26. The third-order valence-electron chi connectivity index (χ3n) is 2.29. The Labute approximate surface area is 77.3 Å². The van der Waals surface area contributed by atoms with Gasteiger partial charge in [0.1, 0.15) is 0 Å². The van der Waals surface area contributed by atoms with Gasteiger partial charge in [-0.05, 0) is 11.1 Å². The number of benzene rings is 1. The maximum atomic E-state index is 11.1. The molecule has 1 aliphatic rings. The van der Waals surface area contributed by atoms with Crippen LogP contribution in [-0.4, -0.2) is 10.9 Å². The average molecular weight is 176 g/mol. The second-order valence-electron chi connectivity index (χ2n) is 3.21. The maximum Gasteiger partial charge on any atom is 0.233 e. The smallest absolute Gasteiger partial charge is 0.233 e. The van der Waals surface area contributed by atoms with Crippen LogP contribution in [0.1, 0.15) is 18.1 Å². The summed E-state index contributed by atoms with van der Waals surface area (Å²) in [5, 5.41) is 1.64. The van der Waals surface area contributed by atoms with Crippen molar-refractivity contribution in [3.63, 3.8) is 0 Å². The number of carbonyl (C=O) groups excluding carboxylic acids is 1. The maximum absolute atomic E-state index is 11.1. The van der Waals surface area contributed by atoms with Crippen molar-refractivity contribution in [3.05, 3.63) is 35.4 Å². The van der Waals surface area contributed by atoms with Crippen molar-refractivity contribution < 1.29 is 4.79 Å². The van der Waals surface area contributed by atoms with Gasteiger partial charge in [-0.15, -0.1) is 0 Å². The Morgan fingerprint density at radius 3 is 2.77 bits per heavy atom. The Morgan fingerprint density at radius 1 is 1.38 bits per heavy atom. The number of amides is 1. The Morgan fingerprint density at radius 2 is 2.08 bits per heavy atom. The average Bonchev–Trinajstić information content (AvgIpc) is 2.17. The highest BCUT2D eigenvalue weighted by molar-refractivity contribution is 5.72. The summed E-state index contributed by atoms with van der Waals surface area (Å²) in [7, 11) is 0. The molecule has 1 amide bonds. The van der Waals surface area contributed by atoms with Gasteiger partial charge in [-0.25, -0.2) is 5.43 Å². The molecule has 3 nitrogen and oxygen atoms in total. The lowest BCUT2D eigenvalue weighted by Gasteiger charge is -2.28. The van der Waals surface area contributed by atoms with Crippen LogP contribution < -0.4 is 5.43 Å². The molecule has 0 atom stereocenters. The Bertz CT molecular complexity index is 335. The van der Waals surface area contributed by atoms with Crippen LogP contribution in [0.4, 0.5) is 0 Å². The number of hydrogen-bond acceptors (Lipinski definition) is 2. The van der Waals surface area contributed by atoms with Gasteiger partial charge in [0.2, 0.25) is 5.91 Å². The van der Waals surface area contributed by atoms with E-state index in [1.165, 1.54) is 11.1 Å². The molecular formula is C10H12N2O. The highest BCUT2D eigenvalue weighted by Crippen LogP contribution is 2.15. The van der Waals surface area contributed by atoms with Gasteiger partial charge in [-0.2, -0.15) is 0 Å². The zero-order chi connectivity index (χ0) is 9.26. The number of rotatable bonds is 0. The van der Waals surface area contributed by atoms with E-state index in [9.17, 15) is 4.79 Å². The van der Waals surface area contributed by atoms with Gasteiger partial charge in [0.25, 0.3) is 0 Å². The molecule has 0 saturated heterocycles. The van der Waals surface area contributed by atoms with Crippen molar-refractivity contribution in [1.29, 1.82) is 0 Å². The number of hydrazine groups is 1. The molecule has 1 aromatic carbocycles. The fraction of sp³-hybridized carbons (Fsp3) is 0.300. The highest BCUT2D eigenvalue weighted by atomic mass is 16.2. The summed E-state index contributed by atoms with van der Waals surface area (Å²) < 4.78 is 0. The molecule has 0 fully saturated rings. The van der Waals surface area contributed by atoms with Crippen LogP contribution in [0.25, 0.3) is 0 Å². The van der Waals surface area contributed by atoms with Gasteiger partial charge in [0.05, 0.1) is 6.54 Å². The van der Waals surface area contributed by atoms with Crippen LogP contribution in [0.2, 0.25) is 0 Å². The van der Waals surface area contributed by atoms with E-state index in [0.29, 0.717) is 6.54 Å². The highest BCUT2D eigenvalue weighted by Gasteiger charge is 2.16. The fourth-order valence-electron chi connectivity index (χ4n) is 1.51. The topological polar surface area (TPSA) is 32.3 Å². The van der Waals surface area contributed by atoms with Gasteiger partial charge < -0.3 is 0 Å². The molecule has 13 heavy (non-hydrogen) atoms. The monoisotopic (exact) mass is 176 g/mol. The minimum Gasteiger partial charge on any atom is -0.274 e. The minimum absolute atomic E-state index is 0.0644. The van der Waals surface area contributed by atoms with Gasteiger partial charge >= 0.3 is 0 Å². The molecule has 0 aliphatic carbocycles. The van der Waals surface area contributed by atoms with Crippen LogP contribution in [0.15, 0.2) is 24.3 Å². The van der Waals surface area contributed by atoms with Gasteiger partial charge in [0, 0.05) is 13.5 Å². The van der Waals surface area contributed by atoms with Crippen LogP contribution in [0.5, 0.6) is 0 Å². The molecule has 1 aromatic rings. The number of nitrogens with zero attached hydrogens (tertiary/aromatic N) is 1. The number of hydrogen-bond donors (Lipinski definition) is 1. The van der Waals surface area contributed by atoms with Crippen molar-refractivity contribution >= 4 is 5.91 Å². The predicted octanol–water partition coefficient (Wildman–Crippen LogP) is 1.05. The molecule has 1 N–H and O–H groups in total. The zero-order valence-corrected chi connectivity index (χ0v) is 7.58. The molecule has 3 heteroatoms. The van der Waals surface area contributed by atoms with E-state index in [1.807, 2.05) is 12.1 Å². The normalized spacial score (nSPS) is 15.3. The molecule has 0 unspecified atom stereocenters. The second kappa shape index (κ2) is 3.18. The van der Waals surface area contributed by atoms with Crippen LogP contribution in [0, 0.1) is 0 Å². The lowest BCUT2D eigenvalue weighted by Crippen LogP contribution is -2.43. The molecule has 0 spiro atoms. The Kier molecular flexibility index (Phi) is 2.02. The third-order valence-corrected chi connectivity index (χ3v) is 2.29. The molecule has 2 rings (SSSR count). The van der Waals surface area contributed by atoms with Crippen molar-refractivity contribution in [1.82, 2.24) is 10.4 Å². The summed E-state index contributed by atoms with van der Waals surface area (Å²) >= 11 is 0. The first-order valence-electron chi connectivity index (χ1n) is 4.36. The first-order chi connectivity index (χ1) is 6.27. The Balaban J connectivity index is 2.24. The molecule has 1 aliphatic heterocycles. The third kappa shape index (κ3) is 1.55. The lowest BCUT2D eigenvalue weighted by molar-refractivity contribution is -0.133. The standard InChI is InChI=1S/C10H12N2O/c1-8(13)12-7-10-5-3-2-4-9(10)6-11-12/h2-5,11H,6-7H2,1H3. The van der Waals surface area contributed by atoms with Gasteiger partial charge in [-0.3, -0.25) is 9.80 Å². The first-order valence-corrected chi connectivity index (χ1v) is 4.36. The second-order valence-corrected chi connectivity index (χ2v) is 3.21. The fourth-order valence-corrected chi connectivity index (χ4v) is 1.51. The van der Waals surface area contributed by atoms with Crippen molar-refractivity contribution in [3.8, 4) is 0 Å². The van der Waals surface area contributed by atoms with E-state index in [1.54, 1.807) is 11.9 Å². The molecule has 0 bridgehead atoms. The quantitative estimate of drug-likeness (QED) is 0.641. The van der Waals surface area contributed by atoms with E-state index in [4.69, 9.17) is 0 Å². The summed E-state index contributed by atoms with van der Waals surface area (Å²) in [5.74, 6) is 0.0644. The molecular weight excluding hydrogens is 164 g/mol. The Hall–Kier alpha value is -1.35. The molecule has 0 radical (unpaired) electrons. The molecule has 68 valence electrons. The van der Waals surface area contributed by atoms with Crippen molar-refractivity contribution in [2.75, 3.05) is 0 Å². The minimum atomic E-state index is 0.0644. The summed E-state index contributed by atoms with van der Waals surface area (Å²) in [5.41, 5.74) is 5.57. The SMILES string of the molecule is CC(=O)N1Cc2ccccc2CN1. The zero-order valence-electron chi connectivity index (χ0n) is 7.58. The van der Waals surface area contributed by atoms with Crippen molar-refractivity contribution in [2.24, 2.45) is 0 Å². The number of carbonyl (C=O) groups is 1. The van der Waals surface area contributed by atoms with Crippen LogP contribution in [0.3, 0.4) is 0 Å². The van der Waals surface area contributed by atoms with E-state index in [2.05, 4.69) is 17.6 Å². The summed E-state index contributed by atoms with van der Waals surface area (Å²) in [6.45, 7) is 2.99. The summed E-state index contributed by atoms with van der Waals surface area (Å²) in [6.07, 6.45) is 0. The van der Waals surface area contributed by atoms with E-state index in [-0.39, 0.29) is 5.91 Å². The predicted molar refractivity (Wildman–Crippen MR) is 49.5 cm³/mol. The largest absolute Gasteiger partial charge is 0.274 e. The van der Waals surface area contributed by atoms with E-state index >= 15 is 0 Å². The lowest BCUT2D eigenvalue weighted by atomic mass is 10.1.